The number of carbonyl (C=O) groups excluding carboxylic acids is 1. The van der Waals surface area contributed by atoms with E-state index >= 15 is 0 Å². The molecular weight excluding hydrogens is 260 g/mol. The lowest BCUT2D eigenvalue weighted by Gasteiger charge is -2.23. The molecule has 110 valence electrons. The van der Waals surface area contributed by atoms with Gasteiger partial charge in [-0.3, -0.25) is 9.59 Å². The highest BCUT2D eigenvalue weighted by Crippen LogP contribution is 2.06. The third-order valence-electron chi connectivity index (χ3n) is 3.13. The van der Waals surface area contributed by atoms with Gasteiger partial charge >= 0.3 is 0 Å². The number of amides is 1. The molecule has 1 fully saturated rings. The molecule has 1 saturated heterocycles. The van der Waals surface area contributed by atoms with Gasteiger partial charge in [-0.1, -0.05) is 0 Å². The zero-order valence-corrected chi connectivity index (χ0v) is 11.6. The molecular formula is C13H20N4O3. The number of carbonyl (C=O) groups is 1. The average Bonchev–Trinajstić information content (AvgIpc) is 2.43. The Kier molecular flexibility index (Phi) is 5.11. The summed E-state index contributed by atoms with van der Waals surface area (Å²) < 4.78 is 6.39. The van der Waals surface area contributed by atoms with Crippen LogP contribution in [0, 0.1) is 0 Å². The van der Waals surface area contributed by atoms with Crippen molar-refractivity contribution in [2.45, 2.75) is 32.4 Å². The highest BCUT2D eigenvalue weighted by Gasteiger charge is 2.16. The lowest BCUT2D eigenvalue weighted by Crippen LogP contribution is -2.42. The first-order valence-corrected chi connectivity index (χ1v) is 6.87. The van der Waals surface area contributed by atoms with Crippen molar-refractivity contribution in [3.05, 3.63) is 22.6 Å². The first kappa shape index (κ1) is 14.5. The molecule has 0 saturated carbocycles. The quantitative estimate of drug-likeness (QED) is 0.791. The minimum atomic E-state index is -0.287. The van der Waals surface area contributed by atoms with Crippen LogP contribution < -0.4 is 16.2 Å². The predicted molar refractivity (Wildman–Crippen MR) is 74.6 cm³/mol. The maximum Gasteiger partial charge on any atom is 0.269 e. The Bertz CT molecular complexity index is 509. The number of rotatable bonds is 5. The van der Waals surface area contributed by atoms with Crippen molar-refractivity contribution < 1.29 is 9.53 Å². The van der Waals surface area contributed by atoms with Crippen molar-refractivity contribution in [2.24, 2.45) is 0 Å². The molecule has 7 heteroatoms. The van der Waals surface area contributed by atoms with Crippen LogP contribution in [0.1, 0.15) is 19.8 Å². The van der Waals surface area contributed by atoms with Gasteiger partial charge in [-0.25, -0.2) is 4.68 Å². The van der Waals surface area contributed by atoms with Crippen LogP contribution >= 0.6 is 0 Å². The molecule has 2 N–H and O–H groups in total. The van der Waals surface area contributed by atoms with Crippen LogP contribution in [0.4, 0.5) is 5.69 Å². The van der Waals surface area contributed by atoms with E-state index in [2.05, 4.69) is 15.7 Å². The summed E-state index contributed by atoms with van der Waals surface area (Å²) in [5, 5.41) is 9.89. The van der Waals surface area contributed by atoms with Crippen LogP contribution in [0.15, 0.2) is 17.1 Å². The molecule has 0 aliphatic carbocycles. The summed E-state index contributed by atoms with van der Waals surface area (Å²) in [7, 11) is 0. The molecule has 0 bridgehead atoms. The lowest BCUT2D eigenvalue weighted by molar-refractivity contribution is -0.123. The van der Waals surface area contributed by atoms with Gasteiger partial charge < -0.3 is 15.4 Å². The fourth-order valence-electron chi connectivity index (χ4n) is 2.10. The van der Waals surface area contributed by atoms with Crippen LogP contribution in [-0.4, -0.2) is 41.5 Å². The second-order valence-corrected chi connectivity index (χ2v) is 4.72. The van der Waals surface area contributed by atoms with Crippen molar-refractivity contribution in [1.82, 2.24) is 15.1 Å². The van der Waals surface area contributed by atoms with Gasteiger partial charge in [0.05, 0.1) is 11.9 Å². The van der Waals surface area contributed by atoms with Gasteiger partial charge in [0, 0.05) is 31.9 Å². The Balaban J connectivity index is 1.91. The molecule has 1 amide bonds. The first-order chi connectivity index (χ1) is 9.69. The molecule has 0 aromatic carbocycles. The molecule has 1 aliphatic rings. The zero-order chi connectivity index (χ0) is 14.4. The molecule has 2 rings (SSSR count). The molecule has 7 nitrogen and oxygen atoms in total. The third kappa shape index (κ3) is 4.06. The van der Waals surface area contributed by atoms with Crippen molar-refractivity contribution >= 4 is 11.6 Å². The SMILES string of the molecule is CCNc1cnn(CC(=O)NC2CCOCC2)c(=O)c1. The average molecular weight is 280 g/mol. The summed E-state index contributed by atoms with van der Waals surface area (Å²) in [5.41, 5.74) is 0.379. The van der Waals surface area contributed by atoms with Gasteiger partial charge in [0.2, 0.25) is 5.91 Å². The van der Waals surface area contributed by atoms with Crippen molar-refractivity contribution in [1.29, 1.82) is 0 Å². The minimum Gasteiger partial charge on any atom is -0.384 e. The lowest BCUT2D eigenvalue weighted by atomic mass is 10.1. The van der Waals surface area contributed by atoms with E-state index in [1.165, 1.54) is 6.07 Å². The van der Waals surface area contributed by atoms with Crippen molar-refractivity contribution in [3.8, 4) is 0 Å². The van der Waals surface area contributed by atoms with Gasteiger partial charge in [-0.2, -0.15) is 5.10 Å². The molecule has 0 radical (unpaired) electrons. The molecule has 1 aliphatic heterocycles. The molecule has 20 heavy (non-hydrogen) atoms. The monoisotopic (exact) mass is 280 g/mol. The highest BCUT2D eigenvalue weighted by molar-refractivity contribution is 5.75. The predicted octanol–water partition coefficient (Wildman–Crippen LogP) is -0.0297. The summed E-state index contributed by atoms with van der Waals surface area (Å²) in [5.74, 6) is -0.192. The maximum absolute atomic E-state index is 11.9. The van der Waals surface area contributed by atoms with E-state index in [9.17, 15) is 9.59 Å². The topological polar surface area (TPSA) is 85.2 Å². The Morgan fingerprint density at radius 3 is 2.90 bits per heavy atom. The molecule has 2 heterocycles. The highest BCUT2D eigenvalue weighted by atomic mass is 16.5. The van der Waals surface area contributed by atoms with Gasteiger partial charge in [-0.05, 0) is 19.8 Å². The van der Waals surface area contributed by atoms with E-state index in [4.69, 9.17) is 4.74 Å². The van der Waals surface area contributed by atoms with Crippen LogP contribution in [0.25, 0.3) is 0 Å². The standard InChI is InChI=1S/C13H20N4O3/c1-2-14-11-7-13(19)17(15-8-11)9-12(18)16-10-3-5-20-6-4-10/h7-8,10,14H,2-6,9H2,1H3,(H,16,18). The molecule has 0 unspecified atom stereocenters. The summed E-state index contributed by atoms with van der Waals surface area (Å²) >= 11 is 0. The Hall–Kier alpha value is -1.89. The van der Waals surface area contributed by atoms with Crippen LogP contribution in [-0.2, 0) is 16.1 Å². The second kappa shape index (κ2) is 7.04. The summed E-state index contributed by atoms with van der Waals surface area (Å²) in [6.45, 7) is 3.94. The maximum atomic E-state index is 11.9. The number of aromatic nitrogens is 2. The summed E-state index contributed by atoms with van der Waals surface area (Å²) in [6, 6.07) is 1.58. The smallest absolute Gasteiger partial charge is 0.269 e. The van der Waals surface area contributed by atoms with Crippen LogP contribution in [0.2, 0.25) is 0 Å². The molecule has 1 aromatic heterocycles. The number of hydrogen-bond donors (Lipinski definition) is 2. The van der Waals surface area contributed by atoms with E-state index in [1.54, 1.807) is 6.20 Å². The van der Waals surface area contributed by atoms with E-state index < -0.39 is 0 Å². The van der Waals surface area contributed by atoms with Gasteiger partial charge in [0.15, 0.2) is 0 Å². The van der Waals surface area contributed by atoms with E-state index in [0.29, 0.717) is 18.9 Å². The van der Waals surface area contributed by atoms with Crippen molar-refractivity contribution in [3.63, 3.8) is 0 Å². The van der Waals surface area contributed by atoms with Crippen LogP contribution in [0.3, 0.4) is 0 Å². The second-order valence-electron chi connectivity index (χ2n) is 4.72. The number of ether oxygens (including phenoxy) is 1. The fourth-order valence-corrected chi connectivity index (χ4v) is 2.10. The molecule has 1 aromatic rings. The van der Waals surface area contributed by atoms with Crippen molar-refractivity contribution in [2.75, 3.05) is 25.1 Å². The van der Waals surface area contributed by atoms with E-state index in [-0.39, 0.29) is 24.1 Å². The van der Waals surface area contributed by atoms with Gasteiger partial charge in [0.25, 0.3) is 5.56 Å². The summed E-state index contributed by atoms with van der Waals surface area (Å²) in [6.07, 6.45) is 3.17. The van der Waals surface area contributed by atoms with Crippen LogP contribution in [0.5, 0.6) is 0 Å². The summed E-state index contributed by atoms with van der Waals surface area (Å²) in [4.78, 5) is 23.7. The number of nitrogens with one attached hydrogen (secondary N) is 2. The number of nitrogens with zero attached hydrogens (tertiary/aromatic N) is 2. The first-order valence-electron chi connectivity index (χ1n) is 6.87. The largest absolute Gasteiger partial charge is 0.384 e. The normalized spacial score (nSPS) is 15.8. The Morgan fingerprint density at radius 1 is 1.50 bits per heavy atom. The van der Waals surface area contributed by atoms with Gasteiger partial charge in [-0.15, -0.1) is 0 Å². The third-order valence-corrected chi connectivity index (χ3v) is 3.13. The number of hydrogen-bond acceptors (Lipinski definition) is 5. The zero-order valence-electron chi connectivity index (χ0n) is 11.6. The van der Waals surface area contributed by atoms with E-state index in [0.717, 1.165) is 24.1 Å². The van der Waals surface area contributed by atoms with E-state index in [1.807, 2.05) is 6.92 Å². The molecule has 0 spiro atoms. The Labute approximate surface area is 117 Å². The Morgan fingerprint density at radius 2 is 2.25 bits per heavy atom. The molecule has 0 atom stereocenters. The fraction of sp³-hybridized carbons (Fsp3) is 0.615. The minimum absolute atomic E-state index is 0.0530. The van der Waals surface area contributed by atoms with Gasteiger partial charge in [0.1, 0.15) is 6.54 Å². The number of anilines is 1.